The van der Waals surface area contributed by atoms with Crippen molar-refractivity contribution < 1.29 is 9.53 Å². The third-order valence-electron chi connectivity index (χ3n) is 3.34. The summed E-state index contributed by atoms with van der Waals surface area (Å²) in [6.07, 6.45) is 1.85. The van der Waals surface area contributed by atoms with E-state index >= 15 is 0 Å². The molecule has 0 saturated heterocycles. The van der Waals surface area contributed by atoms with Crippen molar-refractivity contribution in [2.45, 2.75) is 32.7 Å². The summed E-state index contributed by atoms with van der Waals surface area (Å²) >= 11 is 0. The summed E-state index contributed by atoms with van der Waals surface area (Å²) in [4.78, 5) is 14.2. The van der Waals surface area contributed by atoms with E-state index in [1.54, 1.807) is 31.4 Å². The molecule has 0 fully saturated rings. The minimum absolute atomic E-state index is 0.0967. The van der Waals surface area contributed by atoms with Gasteiger partial charge in [-0.15, -0.1) is 0 Å². The van der Waals surface area contributed by atoms with Gasteiger partial charge in [-0.25, -0.2) is 4.79 Å². The number of anilines is 2. The number of nitrogen functional groups attached to an aromatic ring is 1. The quantitative estimate of drug-likeness (QED) is 0.754. The molecule has 0 atom stereocenters. The number of carbonyl (C=O) groups excluding carboxylic acids is 1. The Hall–Kier alpha value is -1.75. The zero-order valence-corrected chi connectivity index (χ0v) is 12.6. The summed E-state index contributed by atoms with van der Waals surface area (Å²) in [5.74, 6) is 0. The number of rotatable bonds is 7. The van der Waals surface area contributed by atoms with E-state index in [4.69, 9.17) is 10.5 Å². The summed E-state index contributed by atoms with van der Waals surface area (Å²) < 4.78 is 5.09. The zero-order chi connectivity index (χ0) is 15.0. The summed E-state index contributed by atoms with van der Waals surface area (Å²) in [5, 5.41) is 2.90. The Morgan fingerprint density at radius 2 is 1.90 bits per heavy atom. The normalized spacial score (nSPS) is 10.6. The molecule has 5 heteroatoms. The SMILES string of the molecule is CCC(CC)N(CCOC)C(=O)Nc1ccc(N)cc1. The number of amides is 2. The third-order valence-corrected chi connectivity index (χ3v) is 3.34. The molecule has 1 aromatic rings. The first kappa shape index (κ1) is 16.3. The van der Waals surface area contributed by atoms with Crippen LogP contribution in [0.3, 0.4) is 0 Å². The number of carbonyl (C=O) groups is 1. The Morgan fingerprint density at radius 3 is 2.40 bits per heavy atom. The Kier molecular flexibility index (Phi) is 6.87. The Morgan fingerprint density at radius 1 is 1.30 bits per heavy atom. The van der Waals surface area contributed by atoms with Crippen molar-refractivity contribution in [3.05, 3.63) is 24.3 Å². The van der Waals surface area contributed by atoms with Gasteiger partial charge in [0.25, 0.3) is 0 Å². The Balaban J connectivity index is 2.73. The number of nitrogens with zero attached hydrogens (tertiary/aromatic N) is 1. The summed E-state index contributed by atoms with van der Waals surface area (Å²) in [7, 11) is 1.64. The predicted octanol–water partition coefficient (Wildman–Crippen LogP) is 2.94. The fourth-order valence-corrected chi connectivity index (χ4v) is 2.13. The minimum Gasteiger partial charge on any atom is -0.399 e. The highest BCUT2D eigenvalue weighted by Crippen LogP contribution is 2.14. The van der Waals surface area contributed by atoms with Crippen LogP contribution in [0.25, 0.3) is 0 Å². The molecule has 3 N–H and O–H groups in total. The molecule has 1 rings (SSSR count). The molecular weight excluding hydrogens is 254 g/mol. The second-order valence-electron chi connectivity index (χ2n) is 4.71. The molecular formula is C15H25N3O2. The average Bonchev–Trinajstić information content (AvgIpc) is 2.45. The molecule has 0 aliphatic carbocycles. The molecule has 0 saturated carbocycles. The third kappa shape index (κ3) is 4.74. The van der Waals surface area contributed by atoms with Gasteiger partial charge in [0, 0.05) is 31.1 Å². The summed E-state index contributed by atoms with van der Waals surface area (Å²) in [6, 6.07) is 7.27. The molecule has 0 unspecified atom stereocenters. The number of hydrogen-bond donors (Lipinski definition) is 2. The molecule has 0 bridgehead atoms. The Bertz CT molecular complexity index is 402. The minimum atomic E-state index is -0.0967. The predicted molar refractivity (Wildman–Crippen MR) is 82.8 cm³/mol. The highest BCUT2D eigenvalue weighted by Gasteiger charge is 2.20. The van der Waals surface area contributed by atoms with Crippen molar-refractivity contribution in [1.82, 2.24) is 4.90 Å². The number of nitrogens with one attached hydrogen (secondary N) is 1. The zero-order valence-electron chi connectivity index (χ0n) is 12.6. The van der Waals surface area contributed by atoms with Crippen LogP contribution in [0, 0.1) is 0 Å². The highest BCUT2D eigenvalue weighted by molar-refractivity contribution is 5.89. The van der Waals surface area contributed by atoms with Crippen molar-refractivity contribution >= 4 is 17.4 Å². The van der Waals surface area contributed by atoms with Gasteiger partial charge in [0.05, 0.1) is 6.61 Å². The van der Waals surface area contributed by atoms with E-state index < -0.39 is 0 Å². The number of ether oxygens (including phenoxy) is 1. The number of urea groups is 1. The van der Waals surface area contributed by atoms with Gasteiger partial charge in [0.1, 0.15) is 0 Å². The molecule has 0 aliphatic rings. The number of methoxy groups -OCH3 is 1. The van der Waals surface area contributed by atoms with Crippen LogP contribution < -0.4 is 11.1 Å². The van der Waals surface area contributed by atoms with Crippen molar-refractivity contribution in [2.24, 2.45) is 0 Å². The van der Waals surface area contributed by atoms with Gasteiger partial charge < -0.3 is 20.7 Å². The van der Waals surface area contributed by atoms with Crippen molar-refractivity contribution in [1.29, 1.82) is 0 Å². The number of hydrogen-bond acceptors (Lipinski definition) is 3. The van der Waals surface area contributed by atoms with Crippen LogP contribution in [0.2, 0.25) is 0 Å². The summed E-state index contributed by atoms with van der Waals surface area (Å²) in [5.41, 5.74) is 7.06. The maximum atomic E-state index is 12.4. The lowest BCUT2D eigenvalue weighted by Gasteiger charge is -2.30. The van der Waals surface area contributed by atoms with E-state index in [1.807, 2.05) is 4.90 Å². The van der Waals surface area contributed by atoms with Gasteiger partial charge in [0.15, 0.2) is 0 Å². The van der Waals surface area contributed by atoms with Crippen molar-refractivity contribution in [3.8, 4) is 0 Å². The molecule has 5 nitrogen and oxygen atoms in total. The average molecular weight is 279 g/mol. The van der Waals surface area contributed by atoms with Gasteiger partial charge in [-0.05, 0) is 37.1 Å². The molecule has 20 heavy (non-hydrogen) atoms. The van der Waals surface area contributed by atoms with Gasteiger partial charge in [-0.3, -0.25) is 0 Å². The standard InChI is InChI=1S/C15H25N3O2/c1-4-14(5-2)18(10-11-20-3)15(19)17-13-8-6-12(16)7-9-13/h6-9,14H,4-5,10-11,16H2,1-3H3,(H,17,19). The molecule has 2 amide bonds. The molecule has 0 heterocycles. The van der Waals surface area contributed by atoms with E-state index in [0.29, 0.717) is 18.8 Å². The first-order valence-electron chi connectivity index (χ1n) is 7.04. The van der Waals surface area contributed by atoms with E-state index in [1.165, 1.54) is 0 Å². The monoisotopic (exact) mass is 279 g/mol. The second kappa shape index (κ2) is 8.43. The fraction of sp³-hybridized carbons (Fsp3) is 0.533. The number of benzene rings is 1. The van der Waals surface area contributed by atoms with E-state index in [-0.39, 0.29) is 12.1 Å². The number of nitrogens with two attached hydrogens (primary N) is 1. The molecule has 0 spiro atoms. The Labute approximate surface area is 121 Å². The smallest absolute Gasteiger partial charge is 0.322 e. The highest BCUT2D eigenvalue weighted by atomic mass is 16.5. The first-order valence-corrected chi connectivity index (χ1v) is 7.04. The molecule has 1 aromatic carbocycles. The fourth-order valence-electron chi connectivity index (χ4n) is 2.13. The lowest BCUT2D eigenvalue weighted by Crippen LogP contribution is -2.44. The van der Waals surface area contributed by atoms with Gasteiger partial charge in [-0.2, -0.15) is 0 Å². The van der Waals surface area contributed by atoms with Gasteiger partial charge in [0.2, 0.25) is 0 Å². The van der Waals surface area contributed by atoms with Crippen LogP contribution in [0.15, 0.2) is 24.3 Å². The maximum Gasteiger partial charge on any atom is 0.322 e. The van der Waals surface area contributed by atoms with Crippen molar-refractivity contribution in [3.63, 3.8) is 0 Å². The lowest BCUT2D eigenvalue weighted by atomic mass is 10.1. The van der Waals surface area contributed by atoms with Gasteiger partial charge in [-0.1, -0.05) is 13.8 Å². The molecule has 0 aromatic heterocycles. The maximum absolute atomic E-state index is 12.4. The molecule has 0 aliphatic heterocycles. The lowest BCUT2D eigenvalue weighted by molar-refractivity contribution is 0.133. The second-order valence-corrected chi connectivity index (χ2v) is 4.71. The first-order chi connectivity index (χ1) is 9.62. The van der Waals surface area contributed by atoms with Crippen LogP contribution in [-0.4, -0.2) is 37.2 Å². The largest absolute Gasteiger partial charge is 0.399 e. The van der Waals surface area contributed by atoms with E-state index in [9.17, 15) is 4.79 Å². The van der Waals surface area contributed by atoms with Gasteiger partial charge >= 0.3 is 6.03 Å². The van der Waals surface area contributed by atoms with E-state index in [2.05, 4.69) is 19.2 Å². The van der Waals surface area contributed by atoms with E-state index in [0.717, 1.165) is 18.5 Å². The van der Waals surface area contributed by atoms with Crippen LogP contribution in [0.1, 0.15) is 26.7 Å². The van der Waals surface area contributed by atoms with Crippen molar-refractivity contribution in [2.75, 3.05) is 31.3 Å². The molecule has 0 radical (unpaired) electrons. The molecule has 112 valence electrons. The summed E-state index contributed by atoms with van der Waals surface area (Å²) in [6.45, 7) is 5.30. The van der Waals surface area contributed by atoms with Crippen LogP contribution >= 0.6 is 0 Å². The van der Waals surface area contributed by atoms with Crippen LogP contribution in [0.4, 0.5) is 16.2 Å². The van der Waals surface area contributed by atoms with Crippen LogP contribution in [-0.2, 0) is 4.74 Å². The van der Waals surface area contributed by atoms with Crippen LogP contribution in [0.5, 0.6) is 0 Å². The topological polar surface area (TPSA) is 67.6 Å².